The summed E-state index contributed by atoms with van der Waals surface area (Å²) in [7, 11) is -2.81. The first kappa shape index (κ1) is 21.0. The van der Waals surface area contributed by atoms with Gasteiger partial charge in [0.05, 0.1) is 0 Å². The number of hydrogen-bond donors (Lipinski definition) is 0. The fraction of sp³-hybridized carbons (Fsp3) is 0.250. The van der Waals surface area contributed by atoms with Gasteiger partial charge >= 0.3 is 108 Å². The molecule has 0 spiro atoms. The SMILES string of the molecule is N#CC(C#N)(C#N)OOB([O-])[O-].[K+].[K+]. The molecule has 0 heterocycles. The minimum Gasteiger partial charge on any atom is -0.868 e. The molecule has 60 valence electrons. The summed E-state index contributed by atoms with van der Waals surface area (Å²) in [5, 5.41) is 43.9. The van der Waals surface area contributed by atoms with Crippen molar-refractivity contribution >= 4 is 7.32 Å². The minimum atomic E-state index is -2.81. The van der Waals surface area contributed by atoms with E-state index in [-0.39, 0.29) is 103 Å². The molecule has 10 heteroatoms. The molecule has 0 amide bonds. The number of nitrogens with zero attached hydrogens (tertiary/aromatic N) is 3. The topological polar surface area (TPSA) is 136 Å². The summed E-state index contributed by atoms with van der Waals surface area (Å²) in [4.78, 5) is 7.13. The van der Waals surface area contributed by atoms with Gasteiger partial charge in [0, 0.05) is 0 Å². The van der Waals surface area contributed by atoms with Crippen molar-refractivity contribution in [3.8, 4) is 18.2 Å². The monoisotopic (exact) mass is 243 g/mol. The van der Waals surface area contributed by atoms with Gasteiger partial charge in [-0.3, -0.25) is 0 Å². The smallest absolute Gasteiger partial charge is 0.868 e. The third-order valence-corrected chi connectivity index (χ3v) is 0.724. The zero-order valence-corrected chi connectivity index (χ0v) is 13.8. The fourth-order valence-electron chi connectivity index (χ4n) is 0.242. The molecule has 0 saturated heterocycles. The molecule has 0 rings (SSSR count). The van der Waals surface area contributed by atoms with Crippen molar-refractivity contribution in [1.29, 1.82) is 15.8 Å². The van der Waals surface area contributed by atoms with E-state index in [0.29, 0.717) is 0 Å². The van der Waals surface area contributed by atoms with E-state index < -0.39 is 12.9 Å². The summed E-state index contributed by atoms with van der Waals surface area (Å²) in [5.41, 5.74) is -2.55. The Morgan fingerprint density at radius 3 is 1.57 bits per heavy atom. The van der Waals surface area contributed by atoms with Crippen LogP contribution in [0.3, 0.4) is 0 Å². The van der Waals surface area contributed by atoms with Gasteiger partial charge in [-0.05, 0) is 0 Å². The second-order valence-electron chi connectivity index (χ2n) is 1.48. The summed E-state index contributed by atoms with van der Waals surface area (Å²) >= 11 is 0. The molecular weight excluding hydrogens is 243 g/mol. The van der Waals surface area contributed by atoms with Crippen LogP contribution in [0.1, 0.15) is 0 Å². The van der Waals surface area contributed by atoms with Gasteiger partial charge in [0.15, 0.2) is 0 Å². The Balaban J connectivity index is -0.000000605. The number of rotatable bonds is 3. The Bertz CT molecular complexity index is 244. The number of nitriles is 3. The first-order valence-corrected chi connectivity index (χ1v) is 2.50. The van der Waals surface area contributed by atoms with Gasteiger partial charge < -0.3 is 14.9 Å². The quantitative estimate of drug-likeness (QED) is 0.272. The van der Waals surface area contributed by atoms with Crippen LogP contribution in [-0.4, -0.2) is 12.9 Å². The van der Waals surface area contributed by atoms with E-state index in [9.17, 15) is 10.0 Å². The van der Waals surface area contributed by atoms with E-state index in [1.807, 2.05) is 0 Å². The van der Waals surface area contributed by atoms with Crippen molar-refractivity contribution in [2.45, 2.75) is 5.60 Å². The maximum absolute atomic E-state index is 9.69. The van der Waals surface area contributed by atoms with Gasteiger partial charge in [0.2, 0.25) is 0 Å². The van der Waals surface area contributed by atoms with E-state index in [1.54, 1.807) is 0 Å². The fourth-order valence-corrected chi connectivity index (χ4v) is 0.242. The Labute approximate surface area is 166 Å². The molecule has 14 heavy (non-hydrogen) atoms. The van der Waals surface area contributed by atoms with Gasteiger partial charge in [0.25, 0.3) is 0 Å². The third kappa shape index (κ3) is 7.88. The first-order chi connectivity index (χ1) is 5.60. The first-order valence-electron chi connectivity index (χ1n) is 2.50. The maximum Gasteiger partial charge on any atom is 1.00 e. The molecule has 0 aromatic carbocycles. The molecule has 0 aliphatic carbocycles. The van der Waals surface area contributed by atoms with Gasteiger partial charge in [-0.2, -0.15) is 15.8 Å². The largest absolute Gasteiger partial charge is 1.00 e. The molecular formula is C4BK2N3O4. The molecule has 0 N–H and O–H groups in total. The Morgan fingerprint density at radius 1 is 1.00 bits per heavy atom. The molecule has 0 atom stereocenters. The van der Waals surface area contributed by atoms with Crippen LogP contribution in [0.2, 0.25) is 0 Å². The van der Waals surface area contributed by atoms with Crippen LogP contribution in [-0.2, 0) is 9.69 Å². The van der Waals surface area contributed by atoms with Gasteiger partial charge in [0.1, 0.15) is 25.5 Å². The van der Waals surface area contributed by atoms with Crippen molar-refractivity contribution in [3.63, 3.8) is 0 Å². The number of hydrogen-bond acceptors (Lipinski definition) is 7. The second kappa shape index (κ2) is 11.1. The molecule has 0 aliphatic heterocycles. The van der Waals surface area contributed by atoms with Crippen molar-refractivity contribution in [3.05, 3.63) is 0 Å². The molecule has 0 aromatic heterocycles. The second-order valence-corrected chi connectivity index (χ2v) is 1.48. The van der Waals surface area contributed by atoms with Crippen molar-refractivity contribution in [1.82, 2.24) is 0 Å². The summed E-state index contributed by atoms with van der Waals surface area (Å²) in [6, 6.07) is 3.37. The van der Waals surface area contributed by atoms with E-state index in [0.717, 1.165) is 18.2 Å². The predicted octanol–water partition coefficient (Wildman–Crippen LogP) is -9.04. The van der Waals surface area contributed by atoms with E-state index in [1.165, 1.54) is 0 Å². The standard InChI is InChI=1S/C4BN3O4.2K/c6-1-4(2-7,3-8)11-12-5(9)10;;/q-2;2*+1. The summed E-state index contributed by atoms with van der Waals surface area (Å²) in [6.45, 7) is 0. The average Bonchev–Trinajstić information content (AvgIpc) is 2.08. The Hall–Kier alpha value is 1.65. The normalized spacial score (nSPS) is 7.93. The average molecular weight is 243 g/mol. The van der Waals surface area contributed by atoms with Crippen molar-refractivity contribution in [2.24, 2.45) is 0 Å². The summed E-state index contributed by atoms with van der Waals surface area (Å²) < 4.78 is 0. The zero-order chi connectivity index (χ0) is 9.61. The van der Waals surface area contributed by atoms with E-state index >= 15 is 0 Å². The Morgan fingerprint density at radius 2 is 1.36 bits per heavy atom. The van der Waals surface area contributed by atoms with Crippen LogP contribution in [0.15, 0.2) is 0 Å². The molecule has 0 fully saturated rings. The molecule has 0 saturated carbocycles. The van der Waals surface area contributed by atoms with E-state index in [4.69, 9.17) is 15.8 Å². The van der Waals surface area contributed by atoms with Crippen molar-refractivity contribution < 1.29 is 123 Å². The maximum atomic E-state index is 9.69. The van der Waals surface area contributed by atoms with Gasteiger partial charge in [-0.25, -0.2) is 4.89 Å². The molecule has 0 aromatic rings. The molecule has 0 aliphatic rings. The predicted molar refractivity (Wildman–Crippen MR) is 27.5 cm³/mol. The van der Waals surface area contributed by atoms with Crippen LogP contribution in [0.4, 0.5) is 0 Å². The van der Waals surface area contributed by atoms with Crippen molar-refractivity contribution in [2.75, 3.05) is 0 Å². The molecule has 7 nitrogen and oxygen atoms in total. The van der Waals surface area contributed by atoms with Crippen LogP contribution >= 0.6 is 0 Å². The van der Waals surface area contributed by atoms with Crippen LogP contribution in [0.25, 0.3) is 0 Å². The Kier molecular flexibility index (Phi) is 16.7. The zero-order valence-electron chi connectivity index (χ0n) is 7.55. The van der Waals surface area contributed by atoms with Crippen LogP contribution in [0.5, 0.6) is 0 Å². The third-order valence-electron chi connectivity index (χ3n) is 0.724. The van der Waals surface area contributed by atoms with Crippen LogP contribution in [0, 0.1) is 34.0 Å². The minimum absolute atomic E-state index is 0. The van der Waals surface area contributed by atoms with Gasteiger partial charge in [-0.1, -0.05) is 0 Å². The summed E-state index contributed by atoms with van der Waals surface area (Å²) in [6.07, 6.45) is 0. The van der Waals surface area contributed by atoms with E-state index in [2.05, 4.69) is 9.69 Å². The van der Waals surface area contributed by atoms with Crippen LogP contribution < -0.4 is 113 Å². The molecule has 0 radical (unpaired) electrons. The molecule has 0 unspecified atom stereocenters. The molecule has 0 bridgehead atoms. The van der Waals surface area contributed by atoms with Gasteiger partial charge in [-0.15, -0.1) is 0 Å². The summed E-state index contributed by atoms with van der Waals surface area (Å²) in [5.74, 6) is 0.